The quantitative estimate of drug-likeness (QED) is 0.764. The van der Waals surface area contributed by atoms with Crippen molar-refractivity contribution in [3.8, 4) is 5.75 Å². The van der Waals surface area contributed by atoms with E-state index in [1.807, 2.05) is 6.07 Å². The van der Waals surface area contributed by atoms with E-state index < -0.39 is 0 Å². The third-order valence-electron chi connectivity index (χ3n) is 4.72. The van der Waals surface area contributed by atoms with Gasteiger partial charge in [0.2, 0.25) is 5.91 Å². The SMILES string of the molecule is Cl.NCC1CCCCC1NC(=O)CN1C(=O)COc2cc(Br)ccc21. The standard InChI is InChI=1S/C17H22BrN3O3.ClH/c18-12-5-6-14-15(7-12)24-10-17(23)21(14)9-16(22)20-13-4-2-1-3-11(13)8-19;/h5-7,11,13H,1-4,8-10,19H2,(H,20,22);1H. The lowest BCUT2D eigenvalue weighted by atomic mass is 9.84. The molecule has 1 fully saturated rings. The summed E-state index contributed by atoms with van der Waals surface area (Å²) in [6, 6.07) is 5.53. The predicted molar refractivity (Wildman–Crippen MR) is 102 cm³/mol. The maximum Gasteiger partial charge on any atom is 0.265 e. The normalized spacial score (nSPS) is 22.5. The second-order valence-corrected chi connectivity index (χ2v) is 7.25. The van der Waals surface area contributed by atoms with E-state index in [1.54, 1.807) is 12.1 Å². The van der Waals surface area contributed by atoms with Crippen LogP contribution in [-0.4, -0.2) is 37.6 Å². The van der Waals surface area contributed by atoms with Gasteiger partial charge in [0, 0.05) is 10.5 Å². The second-order valence-electron chi connectivity index (χ2n) is 6.33. The fraction of sp³-hybridized carbons (Fsp3) is 0.529. The van der Waals surface area contributed by atoms with Gasteiger partial charge in [0.05, 0.1) is 5.69 Å². The number of benzene rings is 1. The van der Waals surface area contributed by atoms with E-state index in [2.05, 4.69) is 21.2 Å². The van der Waals surface area contributed by atoms with Gasteiger partial charge in [-0.3, -0.25) is 14.5 Å². The van der Waals surface area contributed by atoms with E-state index in [0.717, 1.165) is 23.7 Å². The van der Waals surface area contributed by atoms with Gasteiger partial charge < -0.3 is 15.8 Å². The molecule has 25 heavy (non-hydrogen) atoms. The summed E-state index contributed by atoms with van der Waals surface area (Å²) < 4.78 is 6.31. The van der Waals surface area contributed by atoms with Gasteiger partial charge in [-0.1, -0.05) is 28.8 Å². The Hall–Kier alpha value is -1.31. The molecular formula is C17H23BrClN3O3. The first-order valence-corrected chi connectivity index (χ1v) is 9.10. The fourth-order valence-electron chi connectivity index (χ4n) is 3.43. The van der Waals surface area contributed by atoms with Crippen LogP contribution < -0.4 is 20.7 Å². The van der Waals surface area contributed by atoms with Crippen molar-refractivity contribution in [2.24, 2.45) is 11.7 Å². The lowest BCUT2D eigenvalue weighted by molar-refractivity contribution is -0.126. The van der Waals surface area contributed by atoms with Crippen LogP contribution in [0.3, 0.4) is 0 Å². The van der Waals surface area contributed by atoms with Crippen LogP contribution in [0.5, 0.6) is 5.75 Å². The van der Waals surface area contributed by atoms with Crippen molar-refractivity contribution in [1.82, 2.24) is 5.32 Å². The Morgan fingerprint density at radius 3 is 2.88 bits per heavy atom. The zero-order valence-electron chi connectivity index (χ0n) is 13.9. The number of fused-ring (bicyclic) bond motifs is 1. The van der Waals surface area contributed by atoms with Gasteiger partial charge >= 0.3 is 0 Å². The Bertz CT molecular complexity index is 644. The third kappa shape index (κ3) is 4.65. The maximum absolute atomic E-state index is 12.5. The predicted octanol–water partition coefficient (Wildman–Crippen LogP) is 2.23. The van der Waals surface area contributed by atoms with E-state index in [-0.39, 0.29) is 43.4 Å². The van der Waals surface area contributed by atoms with Crippen molar-refractivity contribution in [3.05, 3.63) is 22.7 Å². The Kier molecular flexibility index (Phi) is 7.10. The number of nitrogens with zero attached hydrogens (tertiary/aromatic N) is 1. The van der Waals surface area contributed by atoms with Gasteiger partial charge in [0.15, 0.2) is 6.61 Å². The van der Waals surface area contributed by atoms with Crippen LogP contribution in [0.2, 0.25) is 0 Å². The molecule has 138 valence electrons. The topological polar surface area (TPSA) is 84.7 Å². The number of amides is 2. The van der Waals surface area contributed by atoms with Crippen LogP contribution in [0.4, 0.5) is 5.69 Å². The number of nitrogens with one attached hydrogen (secondary N) is 1. The van der Waals surface area contributed by atoms with Crippen molar-refractivity contribution >= 4 is 45.8 Å². The average molecular weight is 433 g/mol. The van der Waals surface area contributed by atoms with Crippen molar-refractivity contribution in [3.63, 3.8) is 0 Å². The molecule has 0 saturated heterocycles. The van der Waals surface area contributed by atoms with E-state index in [0.29, 0.717) is 23.9 Å². The van der Waals surface area contributed by atoms with Crippen LogP contribution in [-0.2, 0) is 9.59 Å². The highest BCUT2D eigenvalue weighted by atomic mass is 79.9. The van der Waals surface area contributed by atoms with Crippen molar-refractivity contribution in [2.45, 2.75) is 31.7 Å². The smallest absolute Gasteiger partial charge is 0.265 e. The summed E-state index contributed by atoms with van der Waals surface area (Å²) >= 11 is 3.38. The third-order valence-corrected chi connectivity index (χ3v) is 5.22. The van der Waals surface area contributed by atoms with Gasteiger partial charge in [-0.15, -0.1) is 12.4 Å². The molecule has 1 saturated carbocycles. The summed E-state index contributed by atoms with van der Waals surface area (Å²) in [6.07, 6.45) is 4.27. The number of hydrogen-bond acceptors (Lipinski definition) is 4. The number of anilines is 1. The largest absolute Gasteiger partial charge is 0.482 e. The van der Waals surface area contributed by atoms with Crippen LogP contribution in [0.1, 0.15) is 25.7 Å². The molecule has 3 N–H and O–H groups in total. The molecule has 6 nitrogen and oxygen atoms in total. The first-order valence-electron chi connectivity index (χ1n) is 8.30. The van der Waals surface area contributed by atoms with E-state index in [1.165, 1.54) is 11.3 Å². The molecule has 8 heteroatoms. The molecule has 3 rings (SSSR count). The molecule has 1 heterocycles. The maximum atomic E-state index is 12.5. The first kappa shape index (κ1) is 20.0. The molecule has 2 unspecified atom stereocenters. The summed E-state index contributed by atoms with van der Waals surface area (Å²) in [5.41, 5.74) is 6.44. The van der Waals surface area contributed by atoms with E-state index in [9.17, 15) is 9.59 Å². The number of carbonyl (C=O) groups excluding carboxylic acids is 2. The van der Waals surface area contributed by atoms with E-state index in [4.69, 9.17) is 10.5 Å². The Balaban J connectivity index is 0.00000225. The summed E-state index contributed by atoms with van der Waals surface area (Å²) in [7, 11) is 0. The van der Waals surface area contributed by atoms with Gasteiger partial charge in [-0.2, -0.15) is 0 Å². The van der Waals surface area contributed by atoms with Gasteiger partial charge in [-0.05, 0) is 43.5 Å². The monoisotopic (exact) mass is 431 g/mol. The van der Waals surface area contributed by atoms with Crippen LogP contribution in [0.15, 0.2) is 22.7 Å². The van der Waals surface area contributed by atoms with Gasteiger partial charge in [-0.25, -0.2) is 0 Å². The number of hydrogen-bond donors (Lipinski definition) is 2. The summed E-state index contributed by atoms with van der Waals surface area (Å²) in [6.45, 7) is 0.536. The van der Waals surface area contributed by atoms with Crippen molar-refractivity contribution < 1.29 is 14.3 Å². The molecule has 1 aromatic rings. The average Bonchev–Trinajstić information content (AvgIpc) is 2.58. The molecule has 1 aliphatic carbocycles. The van der Waals surface area contributed by atoms with Gasteiger partial charge in [0.1, 0.15) is 12.3 Å². The molecule has 2 amide bonds. The zero-order chi connectivity index (χ0) is 17.1. The molecule has 1 aromatic carbocycles. The lowest BCUT2D eigenvalue weighted by Gasteiger charge is -2.33. The fourth-order valence-corrected chi connectivity index (χ4v) is 3.77. The lowest BCUT2D eigenvalue weighted by Crippen LogP contribution is -2.50. The minimum atomic E-state index is -0.209. The van der Waals surface area contributed by atoms with Crippen molar-refractivity contribution in [2.75, 3.05) is 24.6 Å². The van der Waals surface area contributed by atoms with Crippen molar-refractivity contribution in [1.29, 1.82) is 0 Å². The van der Waals surface area contributed by atoms with Crippen LogP contribution >= 0.6 is 28.3 Å². The molecule has 2 atom stereocenters. The van der Waals surface area contributed by atoms with Gasteiger partial charge in [0.25, 0.3) is 5.91 Å². The number of halogens is 2. The van der Waals surface area contributed by atoms with Crippen LogP contribution in [0, 0.1) is 5.92 Å². The molecule has 0 radical (unpaired) electrons. The minimum Gasteiger partial charge on any atom is -0.482 e. The highest BCUT2D eigenvalue weighted by Gasteiger charge is 2.30. The Labute approximate surface area is 162 Å². The highest BCUT2D eigenvalue weighted by molar-refractivity contribution is 9.10. The van der Waals surface area contributed by atoms with E-state index >= 15 is 0 Å². The highest BCUT2D eigenvalue weighted by Crippen LogP contribution is 2.34. The number of nitrogens with two attached hydrogens (primary N) is 1. The number of rotatable bonds is 4. The molecular weight excluding hydrogens is 410 g/mol. The molecule has 0 aromatic heterocycles. The number of ether oxygens (including phenoxy) is 1. The Morgan fingerprint density at radius 2 is 2.12 bits per heavy atom. The zero-order valence-corrected chi connectivity index (χ0v) is 16.3. The molecule has 0 bridgehead atoms. The first-order chi connectivity index (χ1) is 11.6. The summed E-state index contributed by atoms with van der Waals surface area (Å²) in [5, 5.41) is 3.07. The Morgan fingerprint density at radius 1 is 1.36 bits per heavy atom. The molecule has 0 spiro atoms. The molecule has 1 aliphatic heterocycles. The minimum absolute atomic E-state index is 0. The van der Waals surface area contributed by atoms with Crippen LogP contribution in [0.25, 0.3) is 0 Å². The summed E-state index contributed by atoms with van der Waals surface area (Å²) in [4.78, 5) is 26.1. The summed E-state index contributed by atoms with van der Waals surface area (Å²) in [5.74, 6) is 0.573. The number of carbonyl (C=O) groups is 2. The molecule has 2 aliphatic rings. The second kappa shape index (κ2) is 8.87.